The van der Waals surface area contributed by atoms with Crippen LogP contribution in [0.2, 0.25) is 0 Å². The molecule has 22 heavy (non-hydrogen) atoms. The van der Waals surface area contributed by atoms with Gasteiger partial charge in [0.2, 0.25) is 0 Å². The average molecular weight is 336 g/mol. The molecule has 2 rings (SSSR count). The van der Waals surface area contributed by atoms with Crippen molar-refractivity contribution in [3.63, 3.8) is 0 Å². The Bertz CT molecular complexity index is 498. The first kappa shape index (κ1) is 17.0. The third-order valence-electron chi connectivity index (χ3n) is 3.22. The Kier molecular flexibility index (Phi) is 6.01. The second kappa shape index (κ2) is 7.77. The highest BCUT2D eigenvalue weighted by atomic mass is 32.1. The van der Waals surface area contributed by atoms with Gasteiger partial charge in [-0.1, -0.05) is 0 Å². The summed E-state index contributed by atoms with van der Waals surface area (Å²) in [4.78, 5) is 7.65. The maximum Gasteiger partial charge on any atom is 0.434 e. The molecule has 1 aromatic heterocycles. The largest absolute Gasteiger partial charge is 0.434 e. The summed E-state index contributed by atoms with van der Waals surface area (Å²) in [6.07, 6.45) is -1.65. The number of nitrogens with one attached hydrogen (secondary N) is 2. The van der Waals surface area contributed by atoms with Gasteiger partial charge < -0.3 is 15.4 Å². The summed E-state index contributed by atoms with van der Waals surface area (Å²) in [6, 6.07) is 0. The molecule has 0 saturated carbocycles. The van der Waals surface area contributed by atoms with E-state index in [1.165, 1.54) is 0 Å². The molecule has 2 N–H and O–H groups in total. The molecule has 1 atom stereocenters. The van der Waals surface area contributed by atoms with Crippen molar-refractivity contribution in [3.8, 4) is 0 Å². The molecule has 0 radical (unpaired) electrons. The van der Waals surface area contributed by atoms with Crippen molar-refractivity contribution < 1.29 is 17.9 Å². The van der Waals surface area contributed by atoms with Crippen molar-refractivity contribution in [3.05, 3.63) is 16.1 Å². The van der Waals surface area contributed by atoms with E-state index in [-0.39, 0.29) is 6.10 Å². The number of hydrogen-bond acceptors (Lipinski definition) is 4. The van der Waals surface area contributed by atoms with Crippen LogP contribution in [0.5, 0.6) is 0 Å². The molecule has 5 nitrogen and oxygen atoms in total. The molecule has 1 saturated heterocycles. The molecule has 0 aromatic carbocycles. The van der Waals surface area contributed by atoms with Gasteiger partial charge in [-0.05, 0) is 12.8 Å². The van der Waals surface area contributed by atoms with Gasteiger partial charge in [-0.25, -0.2) is 4.98 Å². The minimum Gasteiger partial charge on any atom is -0.376 e. The fraction of sp³-hybridized carbons (Fsp3) is 0.692. The highest BCUT2D eigenvalue weighted by molar-refractivity contribution is 7.09. The Morgan fingerprint density at radius 3 is 2.91 bits per heavy atom. The lowest BCUT2D eigenvalue weighted by atomic mass is 10.2. The number of aliphatic imine (C=N–C) groups is 1. The predicted molar refractivity (Wildman–Crippen MR) is 79.2 cm³/mol. The maximum absolute atomic E-state index is 12.4. The lowest BCUT2D eigenvalue weighted by molar-refractivity contribution is -0.140. The van der Waals surface area contributed by atoms with E-state index in [2.05, 4.69) is 20.6 Å². The summed E-state index contributed by atoms with van der Waals surface area (Å²) in [5.41, 5.74) is -0.826. The number of thiazole rings is 1. The van der Waals surface area contributed by atoms with Crippen molar-refractivity contribution in [2.75, 3.05) is 26.7 Å². The monoisotopic (exact) mass is 336 g/mol. The maximum atomic E-state index is 12.4. The first-order valence-electron chi connectivity index (χ1n) is 7.07. The SMILES string of the molecule is CN=C(NCCc1nc(C(F)(F)F)cs1)NCC1CCCO1. The first-order chi connectivity index (χ1) is 10.5. The van der Waals surface area contributed by atoms with E-state index >= 15 is 0 Å². The Morgan fingerprint density at radius 2 is 2.32 bits per heavy atom. The second-order valence-corrected chi connectivity index (χ2v) is 5.83. The van der Waals surface area contributed by atoms with Gasteiger partial charge in [0.25, 0.3) is 0 Å². The van der Waals surface area contributed by atoms with Gasteiger partial charge in [-0.3, -0.25) is 4.99 Å². The highest BCUT2D eigenvalue weighted by Gasteiger charge is 2.33. The van der Waals surface area contributed by atoms with Crippen LogP contribution in [-0.2, 0) is 17.3 Å². The van der Waals surface area contributed by atoms with E-state index in [0.717, 1.165) is 36.2 Å². The molecule has 1 aromatic rings. The van der Waals surface area contributed by atoms with Crippen LogP contribution in [0.25, 0.3) is 0 Å². The number of rotatable bonds is 5. The minimum absolute atomic E-state index is 0.201. The smallest absolute Gasteiger partial charge is 0.376 e. The zero-order valence-corrected chi connectivity index (χ0v) is 13.1. The van der Waals surface area contributed by atoms with Crippen LogP contribution in [0.3, 0.4) is 0 Å². The van der Waals surface area contributed by atoms with E-state index in [4.69, 9.17) is 4.74 Å². The van der Waals surface area contributed by atoms with Gasteiger partial charge in [-0.2, -0.15) is 13.2 Å². The highest BCUT2D eigenvalue weighted by Crippen LogP contribution is 2.29. The molecular weight excluding hydrogens is 317 g/mol. The Hall–Kier alpha value is -1.35. The van der Waals surface area contributed by atoms with E-state index in [0.29, 0.717) is 30.5 Å². The molecule has 0 aliphatic carbocycles. The van der Waals surface area contributed by atoms with E-state index < -0.39 is 11.9 Å². The Balaban J connectivity index is 1.71. The Morgan fingerprint density at radius 1 is 1.50 bits per heavy atom. The minimum atomic E-state index is -4.37. The lowest BCUT2D eigenvalue weighted by Gasteiger charge is -2.14. The normalized spacial score (nSPS) is 19.5. The average Bonchev–Trinajstić information content (AvgIpc) is 3.13. The number of guanidine groups is 1. The summed E-state index contributed by atoms with van der Waals surface area (Å²) >= 11 is 1.02. The van der Waals surface area contributed by atoms with Gasteiger partial charge in [0.05, 0.1) is 11.1 Å². The zero-order chi connectivity index (χ0) is 16.0. The van der Waals surface area contributed by atoms with Crippen LogP contribution < -0.4 is 10.6 Å². The summed E-state index contributed by atoms with van der Waals surface area (Å²) in [6.45, 7) is 1.94. The van der Waals surface area contributed by atoms with Gasteiger partial charge >= 0.3 is 6.18 Å². The summed E-state index contributed by atoms with van der Waals surface area (Å²) < 4.78 is 42.8. The second-order valence-electron chi connectivity index (χ2n) is 4.89. The molecule has 0 spiro atoms. The molecule has 9 heteroatoms. The number of nitrogens with zero attached hydrogens (tertiary/aromatic N) is 2. The molecule has 0 bridgehead atoms. The quantitative estimate of drug-likeness (QED) is 0.638. The van der Waals surface area contributed by atoms with Crippen LogP contribution in [-0.4, -0.2) is 43.8 Å². The fourth-order valence-electron chi connectivity index (χ4n) is 2.08. The molecule has 1 unspecified atom stereocenters. The summed E-state index contributed by atoms with van der Waals surface area (Å²) in [5, 5.41) is 7.70. The van der Waals surface area contributed by atoms with Crippen molar-refractivity contribution in [2.45, 2.75) is 31.5 Å². The van der Waals surface area contributed by atoms with E-state index in [1.807, 2.05) is 0 Å². The van der Waals surface area contributed by atoms with Crippen molar-refractivity contribution in [1.82, 2.24) is 15.6 Å². The summed E-state index contributed by atoms with van der Waals surface area (Å²) in [7, 11) is 1.65. The van der Waals surface area contributed by atoms with Gasteiger partial charge in [-0.15, -0.1) is 11.3 Å². The van der Waals surface area contributed by atoms with Crippen LogP contribution in [0.15, 0.2) is 10.4 Å². The molecule has 2 heterocycles. The van der Waals surface area contributed by atoms with Crippen LogP contribution in [0, 0.1) is 0 Å². The van der Waals surface area contributed by atoms with Crippen LogP contribution >= 0.6 is 11.3 Å². The number of hydrogen-bond donors (Lipinski definition) is 2. The molecule has 124 valence electrons. The van der Waals surface area contributed by atoms with Crippen molar-refractivity contribution in [2.24, 2.45) is 4.99 Å². The third kappa shape index (κ3) is 5.13. The van der Waals surface area contributed by atoms with Crippen molar-refractivity contribution >= 4 is 17.3 Å². The summed E-state index contributed by atoms with van der Waals surface area (Å²) in [5.74, 6) is 0.614. The standard InChI is InChI=1S/C13H19F3N4OS/c1-17-12(19-7-9-3-2-6-21-9)18-5-4-11-20-10(8-22-11)13(14,15)16/h8-9H,2-7H2,1H3,(H2,17,18,19). The molecule has 1 aliphatic rings. The zero-order valence-electron chi connectivity index (χ0n) is 12.2. The molecular formula is C13H19F3N4OS. The molecule has 1 aliphatic heterocycles. The topological polar surface area (TPSA) is 58.5 Å². The Labute approximate surface area is 131 Å². The third-order valence-corrected chi connectivity index (χ3v) is 4.13. The fourth-order valence-corrected chi connectivity index (χ4v) is 2.89. The number of ether oxygens (including phenoxy) is 1. The van der Waals surface area contributed by atoms with Crippen molar-refractivity contribution in [1.29, 1.82) is 0 Å². The number of alkyl halides is 3. The van der Waals surface area contributed by atoms with E-state index in [1.54, 1.807) is 7.05 Å². The number of aromatic nitrogens is 1. The molecule has 0 amide bonds. The first-order valence-corrected chi connectivity index (χ1v) is 7.94. The van der Waals surface area contributed by atoms with Gasteiger partial charge in [0.1, 0.15) is 0 Å². The number of halogens is 3. The van der Waals surface area contributed by atoms with Gasteiger partial charge in [0, 0.05) is 38.5 Å². The van der Waals surface area contributed by atoms with Crippen LogP contribution in [0.4, 0.5) is 13.2 Å². The molecule has 1 fully saturated rings. The lowest BCUT2D eigenvalue weighted by Crippen LogP contribution is -2.41. The predicted octanol–water partition coefficient (Wildman–Crippen LogP) is 2.05. The van der Waals surface area contributed by atoms with Gasteiger partial charge in [0.15, 0.2) is 11.7 Å². The van der Waals surface area contributed by atoms with E-state index in [9.17, 15) is 13.2 Å². The van der Waals surface area contributed by atoms with Crippen LogP contribution in [0.1, 0.15) is 23.5 Å².